The van der Waals surface area contributed by atoms with E-state index in [0.717, 1.165) is 39.0 Å². The molecule has 0 atom stereocenters. The van der Waals surface area contributed by atoms with Gasteiger partial charge in [-0.25, -0.2) is 5.43 Å². The third-order valence-corrected chi connectivity index (χ3v) is 2.97. The van der Waals surface area contributed by atoms with Gasteiger partial charge in [0.1, 0.15) is 5.84 Å². The molecule has 0 aliphatic carbocycles. The molecule has 0 unspecified atom stereocenters. The summed E-state index contributed by atoms with van der Waals surface area (Å²) in [6, 6.07) is 0. The van der Waals surface area contributed by atoms with Gasteiger partial charge in [-0.15, -0.1) is 6.58 Å². The number of amidine groups is 1. The monoisotopic (exact) mass is 307 g/mol. The lowest BCUT2D eigenvalue weighted by Gasteiger charge is -2.20. The number of nitrogens with one attached hydrogen (secondary N) is 1. The Morgan fingerprint density at radius 2 is 2.20 bits per heavy atom. The molecular formula is C12H25N3O4S. The molecule has 1 aliphatic heterocycles. The van der Waals surface area contributed by atoms with Crippen molar-refractivity contribution in [2.75, 3.05) is 26.7 Å². The molecule has 0 saturated carbocycles. The van der Waals surface area contributed by atoms with Gasteiger partial charge in [0.15, 0.2) is 0 Å². The Labute approximate surface area is 121 Å². The van der Waals surface area contributed by atoms with Gasteiger partial charge in [0.2, 0.25) is 0 Å². The van der Waals surface area contributed by atoms with Crippen LogP contribution in [0.2, 0.25) is 0 Å². The van der Waals surface area contributed by atoms with Gasteiger partial charge >= 0.3 is 10.4 Å². The zero-order valence-electron chi connectivity index (χ0n) is 12.2. The maximum atomic E-state index is 9.33. The van der Waals surface area contributed by atoms with E-state index in [-0.39, 0.29) is 0 Å². The summed E-state index contributed by atoms with van der Waals surface area (Å²) >= 11 is 0. The number of nitrogens with zero attached hydrogens (tertiary/aromatic N) is 2. The second kappa shape index (κ2) is 10.8. The van der Waals surface area contributed by atoms with E-state index in [9.17, 15) is 8.42 Å². The summed E-state index contributed by atoms with van der Waals surface area (Å²) in [7, 11) is -3.29. The Morgan fingerprint density at radius 1 is 1.55 bits per heavy atom. The average Bonchev–Trinajstić information content (AvgIpc) is 2.83. The van der Waals surface area contributed by atoms with Crippen molar-refractivity contribution in [2.24, 2.45) is 4.99 Å². The van der Waals surface area contributed by atoms with Gasteiger partial charge in [0, 0.05) is 13.0 Å². The molecule has 118 valence electrons. The van der Waals surface area contributed by atoms with Gasteiger partial charge < -0.3 is 0 Å². The van der Waals surface area contributed by atoms with Gasteiger partial charge in [0.05, 0.1) is 20.2 Å². The Hall–Kier alpha value is -0.960. The summed E-state index contributed by atoms with van der Waals surface area (Å²) in [5.74, 6) is 1.14. The van der Waals surface area contributed by atoms with E-state index < -0.39 is 10.4 Å². The van der Waals surface area contributed by atoms with Crippen LogP contribution in [0, 0.1) is 0 Å². The minimum atomic E-state index is -4.16. The first-order valence-electron chi connectivity index (χ1n) is 6.62. The van der Waals surface area contributed by atoms with Crippen LogP contribution in [-0.4, -0.2) is 50.6 Å². The van der Waals surface area contributed by atoms with Crippen molar-refractivity contribution in [3.8, 4) is 0 Å². The van der Waals surface area contributed by atoms with Crippen LogP contribution in [0.25, 0.3) is 0 Å². The first kappa shape index (κ1) is 19.0. The van der Waals surface area contributed by atoms with Crippen molar-refractivity contribution < 1.29 is 17.2 Å². The maximum absolute atomic E-state index is 9.33. The van der Waals surface area contributed by atoms with E-state index in [0.29, 0.717) is 0 Å². The van der Waals surface area contributed by atoms with Crippen molar-refractivity contribution in [1.82, 2.24) is 10.4 Å². The number of hydrogen-bond donors (Lipinski definition) is 2. The molecule has 0 saturated heterocycles. The molecule has 0 spiro atoms. The standard InChI is InChI=1S/C11H21N3.CH4O4S/c1-3-5-6-8-13-14-10-9-12-11(14)7-4-2;1-5-6(2,3)4/h4,13H,2-3,5-10H2,1H3;1H3,(H,2,3,4). The van der Waals surface area contributed by atoms with Crippen molar-refractivity contribution in [2.45, 2.75) is 32.6 Å². The highest BCUT2D eigenvalue weighted by Gasteiger charge is 2.13. The zero-order valence-corrected chi connectivity index (χ0v) is 13.0. The molecule has 1 rings (SSSR count). The number of aliphatic imine (C=N–C) groups is 1. The number of unbranched alkanes of at least 4 members (excludes halogenated alkanes) is 2. The van der Waals surface area contributed by atoms with Crippen LogP contribution in [0.4, 0.5) is 0 Å². The number of rotatable bonds is 8. The zero-order chi connectivity index (χ0) is 15.4. The third kappa shape index (κ3) is 9.90. The Bertz CT molecular complexity index is 396. The van der Waals surface area contributed by atoms with Crippen LogP contribution in [0.15, 0.2) is 17.6 Å². The lowest BCUT2D eigenvalue weighted by atomic mass is 10.2. The van der Waals surface area contributed by atoms with Gasteiger partial charge in [-0.05, 0) is 6.42 Å². The molecular weight excluding hydrogens is 282 g/mol. The summed E-state index contributed by atoms with van der Waals surface area (Å²) in [4.78, 5) is 4.41. The van der Waals surface area contributed by atoms with Crippen LogP contribution >= 0.6 is 0 Å². The summed E-state index contributed by atoms with van der Waals surface area (Å²) < 4.78 is 29.7. The van der Waals surface area contributed by atoms with Crippen LogP contribution in [0.1, 0.15) is 32.6 Å². The smallest absolute Gasteiger partial charge is 0.294 e. The fraction of sp³-hybridized carbons (Fsp3) is 0.750. The van der Waals surface area contributed by atoms with Gasteiger partial charge in [-0.1, -0.05) is 25.8 Å². The van der Waals surface area contributed by atoms with Crippen LogP contribution in [-0.2, 0) is 14.6 Å². The highest BCUT2D eigenvalue weighted by Crippen LogP contribution is 2.02. The summed E-state index contributed by atoms with van der Waals surface area (Å²) in [5, 5.41) is 2.16. The first-order chi connectivity index (χ1) is 9.44. The van der Waals surface area contributed by atoms with Crippen LogP contribution in [0.3, 0.4) is 0 Å². The predicted molar refractivity (Wildman–Crippen MR) is 79.9 cm³/mol. The second-order valence-electron chi connectivity index (χ2n) is 4.15. The van der Waals surface area contributed by atoms with E-state index >= 15 is 0 Å². The minimum absolute atomic E-state index is 0.870. The van der Waals surface area contributed by atoms with Crippen LogP contribution in [0.5, 0.6) is 0 Å². The Morgan fingerprint density at radius 3 is 2.70 bits per heavy atom. The molecule has 1 aliphatic rings. The highest BCUT2D eigenvalue weighted by molar-refractivity contribution is 7.80. The van der Waals surface area contributed by atoms with E-state index in [2.05, 4.69) is 33.1 Å². The predicted octanol–water partition coefficient (Wildman–Crippen LogP) is 1.41. The summed E-state index contributed by atoms with van der Waals surface area (Å²) in [5.41, 5.74) is 3.41. The Balaban J connectivity index is 0.000000511. The molecule has 1 heterocycles. The molecule has 20 heavy (non-hydrogen) atoms. The molecule has 7 nitrogen and oxygen atoms in total. The van der Waals surface area contributed by atoms with Gasteiger partial charge in [-0.3, -0.25) is 18.7 Å². The minimum Gasteiger partial charge on any atom is -0.294 e. The van der Waals surface area contributed by atoms with E-state index in [1.54, 1.807) is 0 Å². The number of hydrogen-bond acceptors (Lipinski definition) is 6. The molecule has 2 N–H and O–H groups in total. The van der Waals surface area contributed by atoms with Crippen molar-refractivity contribution in [1.29, 1.82) is 0 Å². The van der Waals surface area contributed by atoms with Gasteiger partial charge in [-0.2, -0.15) is 8.42 Å². The third-order valence-electron chi connectivity index (χ3n) is 2.55. The van der Waals surface area contributed by atoms with Gasteiger partial charge in [0.25, 0.3) is 0 Å². The molecule has 0 radical (unpaired) electrons. The lowest BCUT2D eigenvalue weighted by molar-refractivity contribution is 0.324. The highest BCUT2D eigenvalue weighted by atomic mass is 32.3. The number of hydrazine groups is 1. The van der Waals surface area contributed by atoms with E-state index in [1.807, 2.05) is 6.08 Å². The normalized spacial score (nSPS) is 14.6. The molecule has 0 amide bonds. The van der Waals surface area contributed by atoms with Crippen molar-refractivity contribution in [3.63, 3.8) is 0 Å². The fourth-order valence-electron chi connectivity index (χ4n) is 1.56. The van der Waals surface area contributed by atoms with Crippen molar-refractivity contribution >= 4 is 16.2 Å². The molecule has 0 bridgehead atoms. The summed E-state index contributed by atoms with van der Waals surface area (Å²) in [6.07, 6.45) is 6.60. The quantitative estimate of drug-likeness (QED) is 0.400. The molecule has 0 fully saturated rings. The average molecular weight is 307 g/mol. The SMILES string of the molecule is C=CCC1=NCCN1NCCCCC.COS(=O)(=O)O. The maximum Gasteiger partial charge on any atom is 0.397 e. The largest absolute Gasteiger partial charge is 0.397 e. The second-order valence-corrected chi connectivity index (χ2v) is 5.34. The molecule has 0 aromatic carbocycles. The molecule has 0 aromatic heterocycles. The van der Waals surface area contributed by atoms with Crippen molar-refractivity contribution in [3.05, 3.63) is 12.7 Å². The lowest BCUT2D eigenvalue weighted by Crippen LogP contribution is -2.41. The Kier molecular flexibility index (Phi) is 10.3. The fourth-order valence-corrected chi connectivity index (χ4v) is 1.56. The molecule has 8 heteroatoms. The first-order valence-corrected chi connectivity index (χ1v) is 7.99. The van der Waals surface area contributed by atoms with E-state index in [1.165, 1.54) is 19.3 Å². The van der Waals surface area contributed by atoms with E-state index in [4.69, 9.17) is 4.55 Å². The molecule has 0 aromatic rings. The van der Waals surface area contributed by atoms with Crippen LogP contribution < -0.4 is 5.43 Å². The summed E-state index contributed by atoms with van der Waals surface area (Å²) in [6.45, 7) is 8.95. The topological polar surface area (TPSA) is 91.2 Å².